The largest absolute Gasteiger partial charge is 0.349 e. The van der Waals surface area contributed by atoms with Crippen molar-refractivity contribution in [2.24, 2.45) is 0 Å². The molecule has 0 aliphatic carbocycles. The Morgan fingerprint density at radius 3 is 3.00 bits per heavy atom. The van der Waals surface area contributed by atoms with Crippen LogP contribution < -0.4 is 10.0 Å². The molecule has 0 unspecified atom stereocenters. The monoisotopic (exact) mass is 328 g/mol. The number of H-pyrrole nitrogens is 1. The molecule has 0 bridgehead atoms. The molecule has 0 saturated carbocycles. The van der Waals surface area contributed by atoms with Crippen LogP contribution in [0.5, 0.6) is 0 Å². The van der Waals surface area contributed by atoms with Crippen LogP contribution in [0.25, 0.3) is 0 Å². The van der Waals surface area contributed by atoms with Crippen molar-refractivity contribution in [1.82, 2.24) is 20.0 Å². The average Bonchev–Trinajstić information content (AvgIpc) is 3.13. The molecule has 0 radical (unpaired) electrons. The molecule has 2 heterocycles. The Balaban J connectivity index is 1.82. The van der Waals surface area contributed by atoms with E-state index in [-0.39, 0.29) is 0 Å². The van der Waals surface area contributed by atoms with Gasteiger partial charge in [0.15, 0.2) is 0 Å². The fraction of sp³-hybridized carbons (Fsp3) is 0.462. The van der Waals surface area contributed by atoms with Crippen molar-refractivity contribution in [1.29, 1.82) is 0 Å². The smallest absolute Gasteiger partial charge is 0.250 e. The van der Waals surface area contributed by atoms with E-state index in [0.717, 1.165) is 24.4 Å². The number of nitrogens with zero attached hydrogens (tertiary/aromatic N) is 1. The first-order chi connectivity index (χ1) is 10.1. The third-order valence-corrected chi connectivity index (χ3v) is 5.86. The fourth-order valence-electron chi connectivity index (χ4n) is 1.82. The van der Waals surface area contributed by atoms with Crippen LogP contribution in [0.2, 0.25) is 0 Å². The van der Waals surface area contributed by atoms with Crippen LogP contribution in [-0.2, 0) is 23.0 Å². The Kier molecular flexibility index (Phi) is 5.92. The number of aromatic amines is 1. The Morgan fingerprint density at radius 1 is 1.43 bits per heavy atom. The summed E-state index contributed by atoms with van der Waals surface area (Å²) in [4.78, 5) is 7.10. The van der Waals surface area contributed by atoms with Gasteiger partial charge in [0.1, 0.15) is 10.0 Å². The average molecular weight is 328 g/mol. The molecule has 116 valence electrons. The van der Waals surface area contributed by atoms with E-state index < -0.39 is 10.0 Å². The van der Waals surface area contributed by atoms with Gasteiger partial charge in [-0.2, -0.15) is 0 Å². The minimum absolute atomic E-state index is 0.369. The first-order valence-electron chi connectivity index (χ1n) is 6.88. The number of hydrogen-bond acceptors (Lipinski definition) is 5. The molecule has 2 aromatic heterocycles. The number of aryl methyl sites for hydroxylation is 1. The standard InChI is InChI=1S/C13H20N4O2S2/c1-2-14-9-11-8-13(20-10-11)21(18,19)17-5-3-4-12-15-6-7-16-12/h6-8,10,14,17H,2-5,9H2,1H3,(H,15,16). The van der Waals surface area contributed by atoms with Crippen molar-refractivity contribution in [3.05, 3.63) is 35.2 Å². The molecule has 0 atom stereocenters. The molecule has 2 aromatic rings. The van der Waals surface area contributed by atoms with Gasteiger partial charge in [0, 0.05) is 31.9 Å². The van der Waals surface area contributed by atoms with E-state index in [4.69, 9.17) is 0 Å². The fourth-order valence-corrected chi connectivity index (χ4v) is 4.15. The molecule has 21 heavy (non-hydrogen) atoms. The molecular weight excluding hydrogens is 308 g/mol. The lowest BCUT2D eigenvalue weighted by Crippen LogP contribution is -2.24. The topological polar surface area (TPSA) is 86.9 Å². The van der Waals surface area contributed by atoms with Gasteiger partial charge < -0.3 is 10.3 Å². The van der Waals surface area contributed by atoms with Crippen molar-refractivity contribution in [3.63, 3.8) is 0 Å². The van der Waals surface area contributed by atoms with Gasteiger partial charge in [-0.25, -0.2) is 18.1 Å². The summed E-state index contributed by atoms with van der Waals surface area (Å²) in [5, 5.41) is 5.05. The Morgan fingerprint density at radius 2 is 2.29 bits per heavy atom. The first-order valence-corrected chi connectivity index (χ1v) is 9.24. The second kappa shape index (κ2) is 7.69. The number of sulfonamides is 1. The summed E-state index contributed by atoms with van der Waals surface area (Å²) in [5.74, 6) is 0.873. The number of rotatable bonds is 9. The lowest BCUT2D eigenvalue weighted by molar-refractivity contribution is 0.580. The molecule has 0 amide bonds. The maximum absolute atomic E-state index is 12.1. The zero-order chi connectivity index (χ0) is 15.1. The molecule has 0 aromatic carbocycles. The summed E-state index contributed by atoms with van der Waals surface area (Å²) in [6.07, 6.45) is 4.89. The van der Waals surface area contributed by atoms with E-state index in [1.807, 2.05) is 12.3 Å². The molecular formula is C13H20N4O2S2. The van der Waals surface area contributed by atoms with Gasteiger partial charge in [-0.15, -0.1) is 11.3 Å². The third-order valence-electron chi connectivity index (χ3n) is 2.91. The maximum Gasteiger partial charge on any atom is 0.250 e. The number of thiophene rings is 1. The summed E-state index contributed by atoms with van der Waals surface area (Å²) < 4.78 is 27.3. The molecule has 0 spiro atoms. The lowest BCUT2D eigenvalue weighted by atomic mass is 10.3. The highest BCUT2D eigenvalue weighted by molar-refractivity contribution is 7.91. The molecule has 0 saturated heterocycles. The van der Waals surface area contributed by atoms with Gasteiger partial charge in [-0.3, -0.25) is 0 Å². The zero-order valence-electron chi connectivity index (χ0n) is 11.9. The van der Waals surface area contributed by atoms with Crippen LogP contribution in [0.1, 0.15) is 24.7 Å². The van der Waals surface area contributed by atoms with E-state index >= 15 is 0 Å². The summed E-state index contributed by atoms with van der Waals surface area (Å²) in [5.41, 5.74) is 0.998. The second-order valence-corrected chi connectivity index (χ2v) is 7.50. The first kappa shape index (κ1) is 16.2. The van der Waals surface area contributed by atoms with Crippen molar-refractivity contribution >= 4 is 21.4 Å². The van der Waals surface area contributed by atoms with Crippen LogP contribution in [-0.4, -0.2) is 31.5 Å². The summed E-state index contributed by atoms with van der Waals surface area (Å²) in [7, 11) is -3.40. The maximum atomic E-state index is 12.1. The van der Waals surface area contributed by atoms with Gasteiger partial charge in [-0.1, -0.05) is 6.92 Å². The Labute approximate surface area is 129 Å². The number of hydrogen-bond donors (Lipinski definition) is 3. The highest BCUT2D eigenvalue weighted by atomic mass is 32.2. The van der Waals surface area contributed by atoms with Crippen molar-refractivity contribution < 1.29 is 8.42 Å². The Hall–Kier alpha value is -1.22. The predicted molar refractivity (Wildman–Crippen MR) is 83.8 cm³/mol. The highest BCUT2D eigenvalue weighted by Crippen LogP contribution is 2.20. The lowest BCUT2D eigenvalue weighted by Gasteiger charge is -2.03. The second-order valence-electron chi connectivity index (χ2n) is 4.59. The summed E-state index contributed by atoms with van der Waals surface area (Å²) in [6, 6.07) is 1.72. The molecule has 6 nitrogen and oxygen atoms in total. The van der Waals surface area contributed by atoms with Crippen LogP contribution in [0.3, 0.4) is 0 Å². The Bertz CT molecular complexity index is 635. The van der Waals surface area contributed by atoms with Crippen LogP contribution in [0, 0.1) is 0 Å². The molecule has 3 N–H and O–H groups in total. The molecule has 0 aliphatic rings. The van der Waals surface area contributed by atoms with Crippen molar-refractivity contribution in [2.75, 3.05) is 13.1 Å². The number of nitrogens with one attached hydrogen (secondary N) is 3. The van der Waals surface area contributed by atoms with Gasteiger partial charge in [0.25, 0.3) is 0 Å². The van der Waals surface area contributed by atoms with E-state index in [0.29, 0.717) is 23.7 Å². The van der Waals surface area contributed by atoms with Gasteiger partial charge >= 0.3 is 0 Å². The number of imidazole rings is 1. The van der Waals surface area contributed by atoms with E-state index in [1.165, 1.54) is 11.3 Å². The van der Waals surface area contributed by atoms with Gasteiger partial charge in [0.2, 0.25) is 10.0 Å². The van der Waals surface area contributed by atoms with Crippen molar-refractivity contribution in [3.8, 4) is 0 Å². The quantitative estimate of drug-likeness (QED) is 0.609. The van der Waals surface area contributed by atoms with Gasteiger partial charge in [-0.05, 0) is 30.0 Å². The van der Waals surface area contributed by atoms with Crippen molar-refractivity contribution in [2.45, 2.75) is 30.5 Å². The normalized spacial score (nSPS) is 11.9. The molecule has 0 fully saturated rings. The molecule has 8 heteroatoms. The highest BCUT2D eigenvalue weighted by Gasteiger charge is 2.16. The summed E-state index contributed by atoms with van der Waals surface area (Å²) in [6.45, 7) is 3.98. The van der Waals surface area contributed by atoms with Crippen LogP contribution in [0.4, 0.5) is 0 Å². The minimum Gasteiger partial charge on any atom is -0.349 e. The van der Waals surface area contributed by atoms with E-state index in [2.05, 4.69) is 20.0 Å². The molecule has 2 rings (SSSR count). The number of aromatic nitrogens is 2. The minimum atomic E-state index is -3.40. The van der Waals surface area contributed by atoms with E-state index in [9.17, 15) is 8.42 Å². The summed E-state index contributed by atoms with van der Waals surface area (Å²) >= 11 is 1.25. The SMILES string of the molecule is CCNCc1csc(S(=O)(=O)NCCCc2ncc[nH]2)c1. The van der Waals surface area contributed by atoms with E-state index in [1.54, 1.807) is 18.5 Å². The predicted octanol–water partition coefficient (Wildman–Crippen LogP) is 1.49. The van der Waals surface area contributed by atoms with Crippen LogP contribution >= 0.6 is 11.3 Å². The molecule has 0 aliphatic heterocycles. The third kappa shape index (κ3) is 4.92. The zero-order valence-corrected chi connectivity index (χ0v) is 13.6. The van der Waals surface area contributed by atoms with Crippen LogP contribution in [0.15, 0.2) is 28.0 Å². The van der Waals surface area contributed by atoms with Gasteiger partial charge in [0.05, 0.1) is 0 Å².